The molecule has 0 aliphatic carbocycles. The molecule has 1 atom stereocenters. The zero-order valence-electron chi connectivity index (χ0n) is 11.1. The lowest BCUT2D eigenvalue weighted by Gasteiger charge is -2.09. The maximum Gasteiger partial charge on any atom is 0.340 e. The topological polar surface area (TPSA) is 59.4 Å². The fraction of sp³-hybridized carbons (Fsp3) is 0.125. The van der Waals surface area contributed by atoms with E-state index in [4.69, 9.17) is 4.74 Å². The van der Waals surface area contributed by atoms with Crippen molar-refractivity contribution in [2.75, 3.05) is 0 Å². The Bertz CT molecular complexity index is 721. The van der Waals surface area contributed by atoms with Crippen LogP contribution in [0.2, 0.25) is 0 Å². The third-order valence-corrected chi connectivity index (χ3v) is 4.02. The number of benzene rings is 2. The van der Waals surface area contributed by atoms with E-state index in [9.17, 15) is 9.90 Å². The number of para-hydroxylation sites is 1. The molecule has 0 radical (unpaired) electrons. The summed E-state index contributed by atoms with van der Waals surface area (Å²) in [6.07, 6.45) is -1.26. The molecule has 1 aromatic heterocycles. The van der Waals surface area contributed by atoms with Crippen molar-refractivity contribution in [2.45, 2.75) is 12.7 Å². The fourth-order valence-electron chi connectivity index (χ4n) is 1.96. The molecule has 21 heavy (non-hydrogen) atoms. The average molecular weight is 299 g/mol. The highest BCUT2D eigenvalue weighted by Gasteiger charge is 2.19. The lowest BCUT2D eigenvalue weighted by molar-refractivity contribution is -0.155. The molecule has 4 nitrogen and oxygen atoms in total. The number of esters is 1. The number of carbonyl (C=O) groups excluding carboxylic acids is 1. The van der Waals surface area contributed by atoms with Gasteiger partial charge in [0.2, 0.25) is 0 Å². The van der Waals surface area contributed by atoms with Gasteiger partial charge in [0.15, 0.2) is 6.10 Å². The number of aromatic nitrogens is 1. The van der Waals surface area contributed by atoms with Crippen molar-refractivity contribution in [3.05, 3.63) is 65.2 Å². The van der Waals surface area contributed by atoms with E-state index in [0.717, 1.165) is 10.2 Å². The fourth-order valence-corrected chi connectivity index (χ4v) is 2.85. The van der Waals surface area contributed by atoms with Crippen molar-refractivity contribution < 1.29 is 14.6 Å². The number of nitrogens with zero attached hydrogens (tertiary/aromatic N) is 1. The molecular formula is C16H13NO3S. The van der Waals surface area contributed by atoms with Gasteiger partial charge in [-0.15, -0.1) is 11.3 Å². The number of hydrogen-bond acceptors (Lipinski definition) is 5. The smallest absolute Gasteiger partial charge is 0.340 e. The molecule has 0 saturated heterocycles. The molecule has 0 aliphatic rings. The van der Waals surface area contributed by atoms with Gasteiger partial charge in [-0.25, -0.2) is 9.78 Å². The van der Waals surface area contributed by atoms with Crippen LogP contribution in [-0.4, -0.2) is 16.1 Å². The third kappa shape index (κ3) is 3.09. The first kappa shape index (κ1) is 13.7. The van der Waals surface area contributed by atoms with Gasteiger partial charge in [0.25, 0.3) is 0 Å². The van der Waals surface area contributed by atoms with Crippen LogP contribution in [0, 0.1) is 0 Å². The lowest BCUT2D eigenvalue weighted by Crippen LogP contribution is -2.15. The van der Waals surface area contributed by atoms with E-state index >= 15 is 0 Å². The van der Waals surface area contributed by atoms with E-state index in [1.54, 1.807) is 24.3 Å². The van der Waals surface area contributed by atoms with E-state index in [0.29, 0.717) is 10.6 Å². The minimum atomic E-state index is -1.26. The van der Waals surface area contributed by atoms with Gasteiger partial charge >= 0.3 is 5.97 Å². The highest BCUT2D eigenvalue weighted by atomic mass is 32.1. The van der Waals surface area contributed by atoms with E-state index in [1.807, 2.05) is 30.3 Å². The van der Waals surface area contributed by atoms with Crippen LogP contribution in [0.5, 0.6) is 0 Å². The zero-order chi connectivity index (χ0) is 14.7. The first-order valence-electron chi connectivity index (χ1n) is 6.48. The highest BCUT2D eigenvalue weighted by molar-refractivity contribution is 7.18. The Balaban J connectivity index is 1.65. The summed E-state index contributed by atoms with van der Waals surface area (Å²) >= 11 is 1.48. The molecule has 1 heterocycles. The summed E-state index contributed by atoms with van der Waals surface area (Å²) in [7, 11) is 0. The SMILES string of the molecule is O=C(OCc1nc2ccccc2s1)[C@H](O)c1ccccc1. The van der Waals surface area contributed by atoms with Crippen LogP contribution in [0.1, 0.15) is 16.7 Å². The molecule has 3 rings (SSSR count). The minimum Gasteiger partial charge on any atom is -0.456 e. The summed E-state index contributed by atoms with van der Waals surface area (Å²) in [5.41, 5.74) is 1.41. The van der Waals surface area contributed by atoms with Gasteiger partial charge in [-0.3, -0.25) is 0 Å². The summed E-state index contributed by atoms with van der Waals surface area (Å²) < 4.78 is 6.18. The Morgan fingerprint density at radius 1 is 1.14 bits per heavy atom. The van der Waals surface area contributed by atoms with Crippen molar-refractivity contribution in [1.82, 2.24) is 4.98 Å². The van der Waals surface area contributed by atoms with Gasteiger partial charge in [-0.2, -0.15) is 0 Å². The molecule has 0 spiro atoms. The summed E-state index contributed by atoms with van der Waals surface area (Å²) in [5.74, 6) is -0.666. The Hall–Kier alpha value is -2.24. The summed E-state index contributed by atoms with van der Waals surface area (Å²) in [6, 6.07) is 16.5. The molecule has 0 saturated carbocycles. The van der Waals surface area contributed by atoms with Crippen LogP contribution in [-0.2, 0) is 16.1 Å². The quantitative estimate of drug-likeness (QED) is 0.752. The molecule has 5 heteroatoms. The Morgan fingerprint density at radius 3 is 2.62 bits per heavy atom. The van der Waals surface area contributed by atoms with Crippen LogP contribution >= 0.6 is 11.3 Å². The van der Waals surface area contributed by atoms with Crippen LogP contribution in [0.3, 0.4) is 0 Å². The Kier molecular flexibility index (Phi) is 3.94. The molecule has 3 aromatic rings. The molecule has 106 valence electrons. The Morgan fingerprint density at radius 2 is 1.86 bits per heavy atom. The maximum atomic E-state index is 11.8. The maximum absolute atomic E-state index is 11.8. The molecule has 1 N–H and O–H groups in total. The van der Waals surface area contributed by atoms with Crippen LogP contribution in [0.15, 0.2) is 54.6 Å². The second-order valence-corrected chi connectivity index (χ2v) is 5.61. The number of rotatable bonds is 4. The lowest BCUT2D eigenvalue weighted by atomic mass is 10.1. The monoisotopic (exact) mass is 299 g/mol. The first-order valence-corrected chi connectivity index (χ1v) is 7.30. The van der Waals surface area contributed by atoms with Crippen molar-refractivity contribution in [2.24, 2.45) is 0 Å². The second kappa shape index (κ2) is 6.03. The first-order chi connectivity index (χ1) is 10.2. The van der Waals surface area contributed by atoms with Crippen LogP contribution in [0.25, 0.3) is 10.2 Å². The number of thiazole rings is 1. The number of ether oxygens (including phenoxy) is 1. The van der Waals surface area contributed by atoms with Gasteiger partial charge < -0.3 is 9.84 Å². The standard InChI is InChI=1S/C16H13NO3S/c18-15(11-6-2-1-3-7-11)16(19)20-10-14-17-12-8-4-5-9-13(12)21-14/h1-9,15,18H,10H2/t15-/m1/s1. The second-order valence-electron chi connectivity index (χ2n) is 4.50. The van der Waals surface area contributed by atoms with Crippen molar-refractivity contribution in [1.29, 1.82) is 0 Å². The van der Waals surface area contributed by atoms with Crippen molar-refractivity contribution >= 4 is 27.5 Å². The third-order valence-electron chi connectivity index (χ3n) is 3.01. The molecule has 0 fully saturated rings. The van der Waals surface area contributed by atoms with E-state index in [1.165, 1.54) is 11.3 Å². The number of aliphatic hydroxyl groups excluding tert-OH is 1. The van der Waals surface area contributed by atoms with Crippen molar-refractivity contribution in [3.8, 4) is 0 Å². The minimum absolute atomic E-state index is 0.0715. The average Bonchev–Trinajstić information content (AvgIpc) is 2.95. The van der Waals surface area contributed by atoms with Gasteiger partial charge in [-0.1, -0.05) is 42.5 Å². The van der Waals surface area contributed by atoms with Gasteiger partial charge in [-0.05, 0) is 17.7 Å². The van der Waals surface area contributed by atoms with E-state index < -0.39 is 12.1 Å². The summed E-state index contributed by atoms with van der Waals surface area (Å²) in [6.45, 7) is 0.0715. The van der Waals surface area contributed by atoms with Gasteiger partial charge in [0.05, 0.1) is 10.2 Å². The largest absolute Gasteiger partial charge is 0.456 e. The van der Waals surface area contributed by atoms with Crippen LogP contribution < -0.4 is 0 Å². The Labute approximate surface area is 125 Å². The summed E-state index contributed by atoms with van der Waals surface area (Å²) in [4.78, 5) is 16.2. The van der Waals surface area contributed by atoms with Gasteiger partial charge in [0.1, 0.15) is 11.6 Å². The highest BCUT2D eigenvalue weighted by Crippen LogP contribution is 2.22. The molecule has 0 unspecified atom stereocenters. The van der Waals surface area contributed by atoms with E-state index in [-0.39, 0.29) is 6.61 Å². The van der Waals surface area contributed by atoms with Crippen molar-refractivity contribution in [3.63, 3.8) is 0 Å². The molecule has 0 aliphatic heterocycles. The number of fused-ring (bicyclic) bond motifs is 1. The number of hydrogen-bond donors (Lipinski definition) is 1. The van der Waals surface area contributed by atoms with Gasteiger partial charge in [0, 0.05) is 0 Å². The zero-order valence-corrected chi connectivity index (χ0v) is 11.9. The number of aliphatic hydroxyl groups is 1. The molecule has 0 bridgehead atoms. The predicted octanol–water partition coefficient (Wildman–Crippen LogP) is 3.07. The summed E-state index contributed by atoms with van der Waals surface area (Å²) in [5, 5.41) is 10.6. The van der Waals surface area contributed by atoms with E-state index in [2.05, 4.69) is 4.98 Å². The molecular weight excluding hydrogens is 286 g/mol. The molecule has 0 amide bonds. The predicted molar refractivity (Wildman–Crippen MR) is 80.8 cm³/mol. The number of carbonyl (C=O) groups is 1. The normalized spacial score (nSPS) is 12.2. The van der Waals surface area contributed by atoms with Crippen LogP contribution in [0.4, 0.5) is 0 Å². The molecule has 2 aromatic carbocycles.